The van der Waals surface area contributed by atoms with Crippen molar-refractivity contribution in [2.24, 2.45) is 0 Å². The number of aryl methyl sites for hydroxylation is 1. The molecule has 1 N–H and O–H groups in total. The van der Waals surface area contributed by atoms with E-state index in [4.69, 9.17) is 12.2 Å². The lowest BCUT2D eigenvalue weighted by atomic mass is 10.2. The van der Waals surface area contributed by atoms with Crippen molar-refractivity contribution in [3.8, 4) is 11.3 Å². The largest absolute Gasteiger partial charge is 0.343 e. The maximum absolute atomic E-state index is 5.23. The lowest BCUT2D eigenvalue weighted by Crippen LogP contribution is -1.96. The van der Waals surface area contributed by atoms with E-state index in [1.54, 1.807) is 0 Å². The number of hydrogen-bond donors (Lipinski definition) is 1. The van der Waals surface area contributed by atoms with Gasteiger partial charge in [-0.2, -0.15) is 5.10 Å². The van der Waals surface area contributed by atoms with Crippen molar-refractivity contribution >= 4 is 12.2 Å². The van der Waals surface area contributed by atoms with Gasteiger partial charge >= 0.3 is 0 Å². The third-order valence-electron chi connectivity index (χ3n) is 3.12. The minimum absolute atomic E-state index is 0.581. The summed E-state index contributed by atoms with van der Waals surface area (Å²) in [6.45, 7) is 3.09. The van der Waals surface area contributed by atoms with E-state index in [-0.39, 0.29) is 0 Å². The fourth-order valence-electron chi connectivity index (χ4n) is 2.04. The van der Waals surface area contributed by atoms with E-state index < -0.39 is 0 Å². The Morgan fingerprint density at radius 1 is 1.50 bits per heavy atom. The first kappa shape index (κ1) is 11.6. The van der Waals surface area contributed by atoms with E-state index in [1.807, 2.05) is 16.9 Å². The van der Waals surface area contributed by atoms with Gasteiger partial charge in [0, 0.05) is 24.2 Å². The molecule has 1 aliphatic rings. The lowest BCUT2D eigenvalue weighted by Gasteiger charge is -2.02. The molecule has 0 radical (unpaired) electrons. The smallest absolute Gasteiger partial charge is 0.130 e. The molecular weight excluding hydrogens is 244 g/mol. The fraction of sp³-hybridized carbons (Fsp3) is 0.462. The molecule has 1 saturated carbocycles. The second-order valence-corrected chi connectivity index (χ2v) is 5.20. The lowest BCUT2D eigenvalue weighted by molar-refractivity contribution is 0.603. The minimum Gasteiger partial charge on any atom is -0.343 e. The molecule has 94 valence electrons. The van der Waals surface area contributed by atoms with E-state index >= 15 is 0 Å². The second kappa shape index (κ2) is 4.65. The van der Waals surface area contributed by atoms with Crippen molar-refractivity contribution in [2.75, 3.05) is 0 Å². The summed E-state index contributed by atoms with van der Waals surface area (Å²) in [5.41, 5.74) is 2.11. The normalized spacial score (nSPS) is 14.9. The van der Waals surface area contributed by atoms with E-state index in [9.17, 15) is 0 Å². The fourth-order valence-corrected chi connectivity index (χ4v) is 2.25. The zero-order chi connectivity index (χ0) is 12.5. The molecule has 18 heavy (non-hydrogen) atoms. The second-order valence-electron chi connectivity index (χ2n) is 4.78. The van der Waals surface area contributed by atoms with Crippen molar-refractivity contribution in [2.45, 2.75) is 38.6 Å². The molecule has 0 spiro atoms. The third-order valence-corrected chi connectivity index (χ3v) is 3.33. The molecule has 0 saturated heterocycles. The summed E-state index contributed by atoms with van der Waals surface area (Å²) >= 11 is 5.23. The molecule has 1 aliphatic carbocycles. The molecule has 0 atom stereocenters. The maximum Gasteiger partial charge on any atom is 0.130 e. The third kappa shape index (κ3) is 2.36. The Hall–Kier alpha value is -1.49. The van der Waals surface area contributed by atoms with Gasteiger partial charge in [0.1, 0.15) is 10.5 Å². The van der Waals surface area contributed by atoms with Gasteiger partial charge in [-0.25, -0.2) is 4.98 Å². The summed E-state index contributed by atoms with van der Waals surface area (Å²) in [5, 5.41) is 4.34. The molecule has 0 unspecified atom stereocenters. The van der Waals surface area contributed by atoms with Gasteiger partial charge < -0.3 is 4.98 Å². The Morgan fingerprint density at radius 2 is 2.33 bits per heavy atom. The van der Waals surface area contributed by atoms with Crippen molar-refractivity contribution in [1.82, 2.24) is 19.7 Å². The van der Waals surface area contributed by atoms with Crippen molar-refractivity contribution in [3.05, 3.63) is 28.9 Å². The topological polar surface area (TPSA) is 46.5 Å². The van der Waals surface area contributed by atoms with Gasteiger partial charge in [-0.15, -0.1) is 0 Å². The molecule has 0 bridgehead atoms. The van der Waals surface area contributed by atoms with Crippen molar-refractivity contribution in [1.29, 1.82) is 0 Å². The maximum atomic E-state index is 5.23. The van der Waals surface area contributed by atoms with Gasteiger partial charge in [-0.3, -0.25) is 4.68 Å². The van der Waals surface area contributed by atoms with Crippen LogP contribution in [0.5, 0.6) is 0 Å². The first-order valence-corrected chi connectivity index (χ1v) is 6.81. The van der Waals surface area contributed by atoms with Crippen LogP contribution in [0.3, 0.4) is 0 Å². The average Bonchev–Trinajstić information content (AvgIpc) is 3.10. The van der Waals surface area contributed by atoms with E-state index in [1.165, 1.54) is 12.8 Å². The zero-order valence-corrected chi connectivity index (χ0v) is 11.2. The van der Waals surface area contributed by atoms with Crippen LogP contribution in [0.1, 0.15) is 37.9 Å². The Balaban J connectivity index is 1.96. The Kier molecular flexibility index (Phi) is 2.99. The number of nitrogens with one attached hydrogen (secondary N) is 1. The van der Waals surface area contributed by atoms with Gasteiger partial charge in [0.25, 0.3) is 0 Å². The van der Waals surface area contributed by atoms with Crippen LogP contribution < -0.4 is 0 Å². The van der Waals surface area contributed by atoms with Crippen molar-refractivity contribution in [3.63, 3.8) is 0 Å². The van der Waals surface area contributed by atoms with Gasteiger partial charge in [-0.1, -0.05) is 19.1 Å². The SMILES string of the molecule is CCCn1cc(-c2cc(=S)nc(C3CC3)[nH]2)cn1. The molecule has 1 fully saturated rings. The first-order chi connectivity index (χ1) is 8.76. The highest BCUT2D eigenvalue weighted by atomic mass is 32.1. The molecule has 2 heterocycles. The quantitative estimate of drug-likeness (QED) is 0.858. The highest BCUT2D eigenvalue weighted by Gasteiger charge is 2.26. The number of rotatable bonds is 4. The highest BCUT2D eigenvalue weighted by molar-refractivity contribution is 7.71. The minimum atomic E-state index is 0.581. The summed E-state index contributed by atoms with van der Waals surface area (Å²) in [4.78, 5) is 7.78. The van der Waals surface area contributed by atoms with E-state index in [0.717, 1.165) is 30.0 Å². The Bertz CT molecular complexity index is 609. The number of nitrogens with zero attached hydrogens (tertiary/aromatic N) is 3. The number of H-pyrrole nitrogens is 1. The van der Waals surface area contributed by atoms with Crippen LogP contribution in [0.15, 0.2) is 18.5 Å². The summed E-state index contributed by atoms with van der Waals surface area (Å²) in [6.07, 6.45) is 7.46. The predicted molar refractivity (Wildman–Crippen MR) is 72.9 cm³/mol. The summed E-state index contributed by atoms with van der Waals surface area (Å²) < 4.78 is 2.62. The molecule has 5 heteroatoms. The first-order valence-electron chi connectivity index (χ1n) is 6.40. The van der Waals surface area contributed by atoms with E-state index in [0.29, 0.717) is 10.6 Å². The average molecular weight is 260 g/mol. The van der Waals surface area contributed by atoms with Crippen LogP contribution in [0.2, 0.25) is 0 Å². The van der Waals surface area contributed by atoms with Gasteiger partial charge in [0.15, 0.2) is 0 Å². The monoisotopic (exact) mass is 260 g/mol. The molecule has 4 nitrogen and oxygen atoms in total. The van der Waals surface area contributed by atoms with Gasteiger partial charge in [0.05, 0.1) is 11.9 Å². The zero-order valence-electron chi connectivity index (χ0n) is 10.4. The van der Waals surface area contributed by atoms with Gasteiger partial charge in [-0.05, 0) is 25.3 Å². The van der Waals surface area contributed by atoms with Crippen LogP contribution in [0.25, 0.3) is 11.3 Å². The molecular formula is C13H16N4S. The summed E-state index contributed by atoms with van der Waals surface area (Å²) in [5.74, 6) is 1.61. The van der Waals surface area contributed by atoms with Gasteiger partial charge in [0.2, 0.25) is 0 Å². The number of aromatic amines is 1. The summed E-state index contributed by atoms with van der Waals surface area (Å²) in [7, 11) is 0. The number of hydrogen-bond acceptors (Lipinski definition) is 3. The Morgan fingerprint density at radius 3 is 3.06 bits per heavy atom. The predicted octanol–water partition coefficient (Wildman–Crippen LogP) is 3.29. The molecule has 2 aromatic heterocycles. The van der Waals surface area contributed by atoms with Crippen LogP contribution in [0.4, 0.5) is 0 Å². The van der Waals surface area contributed by atoms with Crippen LogP contribution in [0, 0.1) is 4.64 Å². The highest BCUT2D eigenvalue weighted by Crippen LogP contribution is 2.38. The Labute approximate surface area is 111 Å². The summed E-state index contributed by atoms with van der Waals surface area (Å²) in [6, 6.07) is 1.91. The van der Waals surface area contributed by atoms with Crippen LogP contribution in [-0.2, 0) is 6.54 Å². The number of aromatic nitrogens is 4. The van der Waals surface area contributed by atoms with Crippen LogP contribution in [-0.4, -0.2) is 19.7 Å². The van der Waals surface area contributed by atoms with E-state index in [2.05, 4.69) is 28.2 Å². The standard InChI is InChI=1S/C13H16N4S/c1-2-5-17-8-10(7-14-17)11-6-12(18)16-13(15-11)9-3-4-9/h6-9H,2-5H2,1H3,(H,15,16,18). The molecule has 0 aromatic carbocycles. The molecule has 3 rings (SSSR count). The van der Waals surface area contributed by atoms with Crippen LogP contribution >= 0.6 is 12.2 Å². The molecule has 2 aromatic rings. The van der Waals surface area contributed by atoms with Crippen molar-refractivity contribution < 1.29 is 0 Å². The molecule has 0 aliphatic heterocycles. The molecule has 0 amide bonds.